The van der Waals surface area contributed by atoms with Crippen LogP contribution in [0.15, 0.2) is 24.3 Å². The number of nitro benzene ring substituents is 1. The summed E-state index contributed by atoms with van der Waals surface area (Å²) in [5.41, 5.74) is 1.27. The second-order valence-electron chi connectivity index (χ2n) is 6.27. The Balaban J connectivity index is 1.79. The Bertz CT molecular complexity index is 450. The van der Waals surface area contributed by atoms with Crippen molar-refractivity contribution in [2.45, 2.75) is 52.0 Å². The average molecular weight is 290 g/mol. The summed E-state index contributed by atoms with van der Waals surface area (Å²) in [5, 5.41) is 14.2. The molecule has 1 N–H and O–H groups in total. The van der Waals surface area contributed by atoms with E-state index in [0.717, 1.165) is 23.9 Å². The Labute approximate surface area is 127 Å². The molecular weight excluding hydrogens is 264 g/mol. The van der Waals surface area contributed by atoms with Gasteiger partial charge in [0.25, 0.3) is 5.69 Å². The molecule has 1 saturated carbocycles. The molecule has 0 amide bonds. The van der Waals surface area contributed by atoms with Crippen LogP contribution in [0.25, 0.3) is 0 Å². The predicted octanol–water partition coefficient (Wildman–Crippen LogP) is 4.46. The lowest BCUT2D eigenvalue weighted by Gasteiger charge is -2.29. The maximum atomic E-state index is 10.7. The van der Waals surface area contributed by atoms with Gasteiger partial charge in [-0.25, -0.2) is 0 Å². The highest BCUT2D eigenvalue weighted by atomic mass is 16.6. The number of rotatable bonds is 6. The van der Waals surface area contributed by atoms with Crippen LogP contribution in [0.4, 0.5) is 5.69 Å². The minimum atomic E-state index is -0.353. The van der Waals surface area contributed by atoms with Gasteiger partial charge in [-0.05, 0) is 43.7 Å². The molecule has 0 saturated heterocycles. The third-order valence-electron chi connectivity index (χ3n) is 4.86. The van der Waals surface area contributed by atoms with E-state index in [1.165, 1.54) is 32.1 Å². The fourth-order valence-electron chi connectivity index (χ4n) is 3.19. The molecule has 1 aliphatic carbocycles. The molecule has 4 nitrogen and oxygen atoms in total. The zero-order chi connectivity index (χ0) is 15.2. The second-order valence-corrected chi connectivity index (χ2v) is 6.27. The summed E-state index contributed by atoms with van der Waals surface area (Å²) >= 11 is 0. The van der Waals surface area contributed by atoms with Gasteiger partial charge in [-0.2, -0.15) is 0 Å². The van der Waals surface area contributed by atoms with Crippen LogP contribution in [-0.2, 0) is 0 Å². The van der Waals surface area contributed by atoms with E-state index in [1.807, 2.05) is 12.1 Å². The monoisotopic (exact) mass is 290 g/mol. The van der Waals surface area contributed by atoms with Crippen molar-refractivity contribution in [1.82, 2.24) is 5.32 Å². The van der Waals surface area contributed by atoms with Crippen LogP contribution in [0.2, 0.25) is 0 Å². The molecule has 0 aromatic heterocycles. The summed E-state index contributed by atoms with van der Waals surface area (Å²) in [4.78, 5) is 10.3. The number of non-ortho nitro benzene ring substituents is 1. The molecule has 0 bridgehead atoms. The van der Waals surface area contributed by atoms with Gasteiger partial charge in [-0.3, -0.25) is 10.1 Å². The second kappa shape index (κ2) is 7.55. The molecule has 21 heavy (non-hydrogen) atoms. The largest absolute Gasteiger partial charge is 0.310 e. The van der Waals surface area contributed by atoms with Gasteiger partial charge in [-0.15, -0.1) is 0 Å². The number of benzene rings is 1. The molecule has 0 spiro atoms. The zero-order valence-electron chi connectivity index (χ0n) is 13.0. The molecule has 1 fully saturated rings. The Morgan fingerprint density at radius 2 is 1.76 bits per heavy atom. The molecule has 0 aliphatic heterocycles. The third kappa shape index (κ3) is 4.53. The van der Waals surface area contributed by atoms with E-state index in [4.69, 9.17) is 0 Å². The molecular formula is C17H26N2O2. The van der Waals surface area contributed by atoms with E-state index < -0.39 is 0 Å². The van der Waals surface area contributed by atoms with Crippen LogP contribution in [0.3, 0.4) is 0 Å². The van der Waals surface area contributed by atoms with Gasteiger partial charge in [0.1, 0.15) is 0 Å². The number of nitrogens with zero attached hydrogens (tertiary/aromatic N) is 1. The van der Waals surface area contributed by atoms with Crippen LogP contribution < -0.4 is 5.32 Å². The summed E-state index contributed by atoms with van der Waals surface area (Å²) in [7, 11) is 0. The lowest BCUT2D eigenvalue weighted by Crippen LogP contribution is -2.28. The van der Waals surface area contributed by atoms with Crippen molar-refractivity contribution in [2.24, 2.45) is 11.8 Å². The quantitative estimate of drug-likeness (QED) is 0.621. The molecule has 1 aliphatic rings. The van der Waals surface area contributed by atoms with E-state index in [2.05, 4.69) is 19.2 Å². The zero-order valence-corrected chi connectivity index (χ0v) is 13.0. The molecule has 0 radical (unpaired) electrons. The highest BCUT2D eigenvalue weighted by molar-refractivity contribution is 5.34. The van der Waals surface area contributed by atoms with Gasteiger partial charge in [0.2, 0.25) is 0 Å². The lowest BCUT2D eigenvalue weighted by atomic mass is 9.81. The molecule has 116 valence electrons. The first-order chi connectivity index (χ1) is 10.1. The van der Waals surface area contributed by atoms with Crippen LogP contribution in [0.5, 0.6) is 0 Å². The van der Waals surface area contributed by atoms with Gasteiger partial charge in [0.05, 0.1) is 4.92 Å². The maximum Gasteiger partial charge on any atom is 0.269 e. The third-order valence-corrected chi connectivity index (χ3v) is 4.86. The first-order valence-corrected chi connectivity index (χ1v) is 8.07. The fraction of sp³-hybridized carbons (Fsp3) is 0.647. The molecule has 4 heteroatoms. The van der Waals surface area contributed by atoms with Gasteiger partial charge >= 0.3 is 0 Å². The molecule has 1 aromatic rings. The van der Waals surface area contributed by atoms with Crippen LogP contribution in [0, 0.1) is 22.0 Å². The maximum absolute atomic E-state index is 10.7. The van der Waals surface area contributed by atoms with Crippen LogP contribution in [-0.4, -0.2) is 11.5 Å². The van der Waals surface area contributed by atoms with E-state index in [-0.39, 0.29) is 16.7 Å². The van der Waals surface area contributed by atoms with Crippen molar-refractivity contribution in [2.75, 3.05) is 6.54 Å². The summed E-state index contributed by atoms with van der Waals surface area (Å²) < 4.78 is 0. The Hall–Kier alpha value is -1.42. The van der Waals surface area contributed by atoms with E-state index in [9.17, 15) is 10.1 Å². The fourth-order valence-corrected chi connectivity index (χ4v) is 3.19. The molecule has 1 aromatic carbocycles. The standard InChI is InChI=1S/C17H26N2O2/c1-3-14-4-6-15(7-5-14)12-18-13(2)16-8-10-17(11-9-16)19(20)21/h8-11,13-15,18H,3-7,12H2,1-2H3. The number of nitrogens with one attached hydrogen (secondary N) is 1. The van der Waals surface area contributed by atoms with Crippen molar-refractivity contribution in [3.63, 3.8) is 0 Å². The van der Waals surface area contributed by atoms with Crippen molar-refractivity contribution in [1.29, 1.82) is 0 Å². The highest BCUT2D eigenvalue weighted by Crippen LogP contribution is 2.30. The topological polar surface area (TPSA) is 55.2 Å². The van der Waals surface area contributed by atoms with Crippen molar-refractivity contribution < 1.29 is 4.92 Å². The van der Waals surface area contributed by atoms with Crippen molar-refractivity contribution >= 4 is 5.69 Å². The number of hydrogen-bond acceptors (Lipinski definition) is 3. The summed E-state index contributed by atoms with van der Waals surface area (Å²) in [6.07, 6.45) is 6.72. The lowest BCUT2D eigenvalue weighted by molar-refractivity contribution is -0.384. The Morgan fingerprint density at radius 1 is 1.19 bits per heavy atom. The summed E-state index contributed by atoms with van der Waals surface area (Å²) in [5.74, 6) is 1.72. The van der Waals surface area contributed by atoms with Crippen LogP contribution in [0.1, 0.15) is 57.6 Å². The number of nitro groups is 1. The summed E-state index contributed by atoms with van der Waals surface area (Å²) in [6.45, 7) is 5.47. The van der Waals surface area contributed by atoms with E-state index in [0.29, 0.717) is 0 Å². The smallest absolute Gasteiger partial charge is 0.269 e. The Kier molecular flexibility index (Phi) is 5.74. The molecule has 1 atom stereocenters. The Morgan fingerprint density at radius 3 is 2.29 bits per heavy atom. The van der Waals surface area contributed by atoms with Crippen molar-refractivity contribution in [3.05, 3.63) is 39.9 Å². The minimum absolute atomic E-state index is 0.156. The highest BCUT2D eigenvalue weighted by Gasteiger charge is 2.20. The normalized spacial score (nSPS) is 23.7. The van der Waals surface area contributed by atoms with Crippen molar-refractivity contribution in [3.8, 4) is 0 Å². The van der Waals surface area contributed by atoms with E-state index in [1.54, 1.807) is 12.1 Å². The first kappa shape index (κ1) is 16.0. The summed E-state index contributed by atoms with van der Waals surface area (Å²) in [6, 6.07) is 7.11. The molecule has 1 unspecified atom stereocenters. The van der Waals surface area contributed by atoms with Gasteiger partial charge in [0.15, 0.2) is 0 Å². The average Bonchev–Trinajstić information content (AvgIpc) is 2.53. The number of hydrogen-bond donors (Lipinski definition) is 1. The predicted molar refractivity (Wildman–Crippen MR) is 85.3 cm³/mol. The molecule has 2 rings (SSSR count). The van der Waals surface area contributed by atoms with Gasteiger partial charge in [-0.1, -0.05) is 38.3 Å². The van der Waals surface area contributed by atoms with Gasteiger partial charge in [0, 0.05) is 18.2 Å². The van der Waals surface area contributed by atoms with E-state index >= 15 is 0 Å². The van der Waals surface area contributed by atoms with Gasteiger partial charge < -0.3 is 5.32 Å². The minimum Gasteiger partial charge on any atom is -0.310 e. The SMILES string of the molecule is CCC1CCC(CNC(C)c2ccc([N+](=O)[O-])cc2)CC1. The first-order valence-electron chi connectivity index (χ1n) is 8.07. The molecule has 0 heterocycles. The van der Waals surface area contributed by atoms with Crippen LogP contribution >= 0.6 is 0 Å².